The zero-order chi connectivity index (χ0) is 17.5. The first-order valence-electron chi connectivity index (χ1n) is 8.62. The fourth-order valence-corrected chi connectivity index (χ4v) is 2.83. The van der Waals surface area contributed by atoms with Gasteiger partial charge in [0.1, 0.15) is 5.75 Å². The summed E-state index contributed by atoms with van der Waals surface area (Å²) in [6.45, 7) is 5.08. The van der Waals surface area contributed by atoms with Gasteiger partial charge < -0.3 is 20.3 Å². The number of hydrogen-bond acceptors (Lipinski definition) is 4. The standard InChI is InChI=1S/C19H24N4O2/c1-15(16-6-3-2-4-7-16)18(25-17-8-5-9-21-14-17)22-19(24)23-12-10-20-11-13-23/h2-9,14-15,18,20H,10-13H2,1H3,(H,22,24)/t15-,18?/m1/s1. The summed E-state index contributed by atoms with van der Waals surface area (Å²) < 4.78 is 6.06. The molecule has 1 saturated heterocycles. The van der Waals surface area contributed by atoms with Gasteiger partial charge in [0.05, 0.1) is 6.20 Å². The van der Waals surface area contributed by atoms with Crippen LogP contribution in [0, 0.1) is 0 Å². The van der Waals surface area contributed by atoms with Crippen LogP contribution < -0.4 is 15.4 Å². The molecule has 0 spiro atoms. The molecule has 1 aromatic heterocycles. The maximum Gasteiger partial charge on any atom is 0.320 e. The van der Waals surface area contributed by atoms with E-state index >= 15 is 0 Å². The normalized spacial score (nSPS) is 16.8. The predicted molar refractivity (Wildman–Crippen MR) is 96.5 cm³/mol. The fourth-order valence-electron chi connectivity index (χ4n) is 2.83. The highest BCUT2D eigenvalue weighted by Gasteiger charge is 2.26. The number of benzene rings is 1. The van der Waals surface area contributed by atoms with Crippen LogP contribution in [0.25, 0.3) is 0 Å². The van der Waals surface area contributed by atoms with Gasteiger partial charge in [0.25, 0.3) is 0 Å². The van der Waals surface area contributed by atoms with Crippen molar-refractivity contribution in [3.63, 3.8) is 0 Å². The van der Waals surface area contributed by atoms with E-state index in [0.717, 1.165) is 18.7 Å². The number of carbonyl (C=O) groups excluding carboxylic acids is 1. The van der Waals surface area contributed by atoms with Crippen LogP contribution in [0.3, 0.4) is 0 Å². The first kappa shape index (κ1) is 17.2. The van der Waals surface area contributed by atoms with Gasteiger partial charge in [0.15, 0.2) is 6.23 Å². The first-order valence-corrected chi connectivity index (χ1v) is 8.62. The second-order valence-corrected chi connectivity index (χ2v) is 6.11. The zero-order valence-corrected chi connectivity index (χ0v) is 14.4. The van der Waals surface area contributed by atoms with Crippen LogP contribution in [0.4, 0.5) is 4.79 Å². The number of urea groups is 1. The van der Waals surface area contributed by atoms with E-state index in [1.807, 2.05) is 47.4 Å². The van der Waals surface area contributed by atoms with Crippen molar-refractivity contribution in [2.75, 3.05) is 26.2 Å². The Morgan fingerprint density at radius 1 is 1.20 bits per heavy atom. The number of amides is 2. The van der Waals surface area contributed by atoms with Gasteiger partial charge in [-0.25, -0.2) is 4.79 Å². The highest BCUT2D eigenvalue weighted by atomic mass is 16.5. The van der Waals surface area contributed by atoms with Crippen molar-refractivity contribution in [1.29, 1.82) is 0 Å². The SMILES string of the molecule is C[C@H](c1ccccc1)C(NC(=O)N1CCNCC1)Oc1cccnc1. The number of rotatable bonds is 5. The Kier molecular flexibility index (Phi) is 5.85. The van der Waals surface area contributed by atoms with E-state index in [-0.39, 0.29) is 11.9 Å². The summed E-state index contributed by atoms with van der Waals surface area (Å²) in [5, 5.41) is 6.29. The van der Waals surface area contributed by atoms with Gasteiger partial charge in [0.2, 0.25) is 0 Å². The van der Waals surface area contributed by atoms with Crippen molar-refractivity contribution >= 4 is 6.03 Å². The van der Waals surface area contributed by atoms with Crippen molar-refractivity contribution < 1.29 is 9.53 Å². The largest absolute Gasteiger partial charge is 0.468 e. The van der Waals surface area contributed by atoms with Crippen LogP contribution in [-0.4, -0.2) is 48.3 Å². The summed E-state index contributed by atoms with van der Waals surface area (Å²) in [5.74, 6) is 0.629. The van der Waals surface area contributed by atoms with Gasteiger partial charge in [-0.05, 0) is 17.7 Å². The van der Waals surface area contributed by atoms with Crippen LogP contribution in [0.2, 0.25) is 0 Å². The number of ether oxygens (including phenoxy) is 1. The lowest BCUT2D eigenvalue weighted by Crippen LogP contribution is -2.54. The van der Waals surface area contributed by atoms with E-state index in [9.17, 15) is 4.79 Å². The summed E-state index contributed by atoms with van der Waals surface area (Å²) in [6.07, 6.45) is 2.87. The Morgan fingerprint density at radius 2 is 1.96 bits per heavy atom. The minimum absolute atomic E-state index is 0.00623. The van der Waals surface area contributed by atoms with Crippen molar-refractivity contribution in [2.45, 2.75) is 19.1 Å². The molecule has 1 unspecified atom stereocenters. The number of aromatic nitrogens is 1. The third-order valence-corrected chi connectivity index (χ3v) is 4.35. The molecule has 0 aliphatic carbocycles. The van der Waals surface area contributed by atoms with Gasteiger partial charge in [-0.1, -0.05) is 37.3 Å². The fraction of sp³-hybridized carbons (Fsp3) is 0.368. The number of hydrogen-bond donors (Lipinski definition) is 2. The van der Waals surface area contributed by atoms with Crippen molar-refractivity contribution in [3.8, 4) is 5.75 Å². The molecule has 6 heteroatoms. The molecule has 2 amide bonds. The molecule has 0 radical (unpaired) electrons. The summed E-state index contributed by atoms with van der Waals surface area (Å²) in [5.41, 5.74) is 1.11. The Hall–Kier alpha value is -2.60. The molecule has 3 rings (SSSR count). The molecule has 2 heterocycles. The molecule has 1 aromatic carbocycles. The van der Waals surface area contributed by atoms with Crippen LogP contribution in [0.1, 0.15) is 18.4 Å². The molecule has 2 aromatic rings. The molecule has 2 atom stereocenters. The minimum Gasteiger partial charge on any atom is -0.468 e. The summed E-state index contributed by atoms with van der Waals surface area (Å²) >= 11 is 0. The molecule has 2 N–H and O–H groups in total. The van der Waals surface area contributed by atoms with Gasteiger partial charge in [-0.15, -0.1) is 0 Å². The van der Waals surface area contributed by atoms with E-state index in [4.69, 9.17) is 4.74 Å². The first-order chi connectivity index (χ1) is 12.2. The second kappa shape index (κ2) is 8.48. The Labute approximate surface area is 148 Å². The monoisotopic (exact) mass is 340 g/mol. The minimum atomic E-state index is -0.478. The third kappa shape index (κ3) is 4.70. The number of carbonyl (C=O) groups is 1. The summed E-state index contributed by atoms with van der Waals surface area (Å²) in [6, 6.07) is 13.6. The maximum absolute atomic E-state index is 12.6. The highest BCUT2D eigenvalue weighted by molar-refractivity contribution is 5.74. The molecule has 0 saturated carbocycles. The lowest BCUT2D eigenvalue weighted by Gasteiger charge is -2.32. The lowest BCUT2D eigenvalue weighted by atomic mass is 9.99. The third-order valence-electron chi connectivity index (χ3n) is 4.35. The van der Waals surface area contributed by atoms with Crippen LogP contribution in [0.15, 0.2) is 54.9 Å². The second-order valence-electron chi connectivity index (χ2n) is 6.11. The molecule has 1 aliphatic rings. The lowest BCUT2D eigenvalue weighted by molar-refractivity contribution is 0.124. The molecular weight excluding hydrogens is 316 g/mol. The number of piperazine rings is 1. The number of pyridine rings is 1. The number of nitrogens with zero attached hydrogens (tertiary/aromatic N) is 2. The van der Waals surface area contributed by atoms with Crippen LogP contribution >= 0.6 is 0 Å². The van der Waals surface area contributed by atoms with Crippen LogP contribution in [0.5, 0.6) is 5.75 Å². The average molecular weight is 340 g/mol. The van der Waals surface area contributed by atoms with E-state index < -0.39 is 6.23 Å². The molecule has 0 bridgehead atoms. The van der Waals surface area contributed by atoms with Gasteiger partial charge in [0, 0.05) is 38.3 Å². The van der Waals surface area contributed by atoms with Crippen molar-refractivity contribution in [3.05, 3.63) is 60.4 Å². The Bertz CT molecular complexity index is 660. The quantitative estimate of drug-likeness (QED) is 0.819. The van der Waals surface area contributed by atoms with Crippen molar-refractivity contribution in [2.24, 2.45) is 0 Å². The highest BCUT2D eigenvalue weighted by Crippen LogP contribution is 2.22. The maximum atomic E-state index is 12.6. The van der Waals surface area contributed by atoms with Gasteiger partial charge in [-0.2, -0.15) is 0 Å². The summed E-state index contributed by atoms with van der Waals surface area (Å²) in [7, 11) is 0. The van der Waals surface area contributed by atoms with Gasteiger partial charge >= 0.3 is 6.03 Å². The molecule has 1 fully saturated rings. The van der Waals surface area contributed by atoms with Crippen molar-refractivity contribution in [1.82, 2.24) is 20.5 Å². The average Bonchev–Trinajstić information content (AvgIpc) is 2.69. The topological polar surface area (TPSA) is 66.5 Å². The Morgan fingerprint density at radius 3 is 2.64 bits per heavy atom. The zero-order valence-electron chi connectivity index (χ0n) is 14.4. The Balaban J connectivity index is 1.74. The molecule has 132 valence electrons. The summed E-state index contributed by atoms with van der Waals surface area (Å²) in [4.78, 5) is 18.5. The van der Waals surface area contributed by atoms with E-state index in [2.05, 4.69) is 22.5 Å². The molecule has 6 nitrogen and oxygen atoms in total. The van der Waals surface area contributed by atoms with E-state index in [1.54, 1.807) is 12.4 Å². The van der Waals surface area contributed by atoms with Crippen LogP contribution in [-0.2, 0) is 0 Å². The molecular formula is C19H24N4O2. The molecule has 1 aliphatic heterocycles. The number of nitrogens with one attached hydrogen (secondary N) is 2. The smallest absolute Gasteiger partial charge is 0.320 e. The van der Waals surface area contributed by atoms with E-state index in [0.29, 0.717) is 18.8 Å². The van der Waals surface area contributed by atoms with E-state index in [1.165, 1.54) is 0 Å². The predicted octanol–water partition coefficient (Wildman–Crippen LogP) is 2.21. The molecule has 25 heavy (non-hydrogen) atoms. The van der Waals surface area contributed by atoms with Gasteiger partial charge in [-0.3, -0.25) is 4.98 Å².